The third-order valence-corrected chi connectivity index (χ3v) is 1.35. The van der Waals surface area contributed by atoms with Crippen molar-refractivity contribution in [1.82, 2.24) is 0 Å². The molecule has 0 rings (SSSR count). The first-order valence-electron chi connectivity index (χ1n) is 4.11. The lowest BCUT2D eigenvalue weighted by molar-refractivity contribution is -0.135. The molecule has 12 heavy (non-hydrogen) atoms. The molecule has 0 N–H and O–H groups in total. The molecule has 0 radical (unpaired) electrons. The van der Waals surface area contributed by atoms with Gasteiger partial charge in [-0.2, -0.15) is 0 Å². The first-order chi connectivity index (χ1) is 5.43. The van der Waals surface area contributed by atoms with Crippen molar-refractivity contribution >= 4 is 11.6 Å². The van der Waals surface area contributed by atoms with Crippen LogP contribution in [0.5, 0.6) is 0 Å². The quantitative estimate of drug-likeness (QED) is 0.588. The maximum Gasteiger partial charge on any atom is 0.168 e. The molecular formula is C9H16O3. The van der Waals surface area contributed by atoms with Gasteiger partial charge in [-0.15, -0.1) is 0 Å². The van der Waals surface area contributed by atoms with Crippen LogP contribution in [0.4, 0.5) is 0 Å². The van der Waals surface area contributed by atoms with E-state index in [2.05, 4.69) is 0 Å². The number of hydrogen-bond donors (Lipinski definition) is 0. The number of rotatable bonds is 5. The minimum absolute atomic E-state index is 0.0200. The minimum atomic E-state index is -0.464. The zero-order valence-corrected chi connectivity index (χ0v) is 8.09. The van der Waals surface area contributed by atoms with E-state index in [1.54, 1.807) is 6.92 Å². The maximum absolute atomic E-state index is 11.1. The van der Waals surface area contributed by atoms with Crippen LogP contribution < -0.4 is 0 Å². The Labute approximate surface area is 73.1 Å². The van der Waals surface area contributed by atoms with Crippen LogP contribution in [0.1, 0.15) is 34.1 Å². The van der Waals surface area contributed by atoms with Gasteiger partial charge in [-0.1, -0.05) is 0 Å². The van der Waals surface area contributed by atoms with E-state index in [4.69, 9.17) is 4.74 Å². The molecule has 3 heteroatoms. The van der Waals surface area contributed by atoms with E-state index < -0.39 is 6.10 Å². The molecule has 0 aliphatic heterocycles. The van der Waals surface area contributed by atoms with Gasteiger partial charge in [-0.25, -0.2) is 0 Å². The van der Waals surface area contributed by atoms with Crippen LogP contribution in [-0.4, -0.2) is 23.8 Å². The Hall–Kier alpha value is -0.700. The summed E-state index contributed by atoms with van der Waals surface area (Å²) in [5.74, 6) is -0.254. The fourth-order valence-electron chi connectivity index (χ4n) is 0.873. The largest absolute Gasteiger partial charge is 0.368 e. The summed E-state index contributed by atoms with van der Waals surface area (Å²) in [6.45, 7) is 6.79. The molecular weight excluding hydrogens is 156 g/mol. The second-order valence-corrected chi connectivity index (χ2v) is 3.17. The SMILES string of the molecule is CC(=O)CC(=O)C(C)OC(C)C. The van der Waals surface area contributed by atoms with Crippen LogP contribution in [0.3, 0.4) is 0 Å². The molecule has 0 saturated heterocycles. The molecule has 0 amide bonds. The van der Waals surface area contributed by atoms with Gasteiger partial charge in [0, 0.05) is 0 Å². The van der Waals surface area contributed by atoms with Crippen molar-refractivity contribution in [2.24, 2.45) is 0 Å². The molecule has 70 valence electrons. The van der Waals surface area contributed by atoms with Crippen molar-refractivity contribution in [3.05, 3.63) is 0 Å². The topological polar surface area (TPSA) is 43.4 Å². The second kappa shape index (κ2) is 5.04. The summed E-state index contributed by atoms with van der Waals surface area (Å²) in [5, 5.41) is 0. The van der Waals surface area contributed by atoms with E-state index in [1.165, 1.54) is 6.92 Å². The van der Waals surface area contributed by atoms with Crippen LogP contribution in [0.25, 0.3) is 0 Å². The molecule has 1 unspecified atom stereocenters. The zero-order valence-electron chi connectivity index (χ0n) is 8.09. The Morgan fingerprint density at radius 2 is 1.75 bits per heavy atom. The van der Waals surface area contributed by atoms with Gasteiger partial charge < -0.3 is 4.74 Å². The van der Waals surface area contributed by atoms with E-state index in [9.17, 15) is 9.59 Å². The summed E-state index contributed by atoms with van der Waals surface area (Å²) < 4.78 is 5.21. The highest BCUT2D eigenvalue weighted by Crippen LogP contribution is 2.01. The van der Waals surface area contributed by atoms with E-state index in [0.29, 0.717) is 0 Å². The van der Waals surface area contributed by atoms with Crippen LogP contribution in [-0.2, 0) is 14.3 Å². The summed E-state index contributed by atoms with van der Waals surface area (Å²) in [7, 11) is 0. The average molecular weight is 172 g/mol. The standard InChI is InChI=1S/C9H16O3/c1-6(2)12-8(4)9(11)5-7(3)10/h6,8H,5H2,1-4H3. The highest BCUT2D eigenvalue weighted by Gasteiger charge is 2.15. The molecule has 3 nitrogen and oxygen atoms in total. The van der Waals surface area contributed by atoms with Gasteiger partial charge in [-0.3, -0.25) is 9.59 Å². The molecule has 0 aliphatic carbocycles. The Morgan fingerprint density at radius 3 is 2.08 bits per heavy atom. The number of hydrogen-bond acceptors (Lipinski definition) is 3. The van der Waals surface area contributed by atoms with Gasteiger partial charge in [0.1, 0.15) is 11.9 Å². The Morgan fingerprint density at radius 1 is 1.25 bits per heavy atom. The van der Waals surface area contributed by atoms with Gasteiger partial charge in [-0.05, 0) is 27.7 Å². The lowest BCUT2D eigenvalue weighted by Gasteiger charge is -2.13. The van der Waals surface area contributed by atoms with Crippen molar-refractivity contribution < 1.29 is 14.3 Å². The zero-order chi connectivity index (χ0) is 9.72. The molecule has 0 saturated carbocycles. The van der Waals surface area contributed by atoms with Crippen molar-refractivity contribution in [2.45, 2.75) is 46.3 Å². The molecule has 0 spiro atoms. The Bertz CT molecular complexity index is 173. The molecule has 0 aromatic heterocycles. The van der Waals surface area contributed by atoms with Crippen molar-refractivity contribution in [2.75, 3.05) is 0 Å². The molecule has 0 aromatic carbocycles. The van der Waals surface area contributed by atoms with Crippen LogP contribution in [0.15, 0.2) is 0 Å². The van der Waals surface area contributed by atoms with Crippen molar-refractivity contribution in [3.63, 3.8) is 0 Å². The molecule has 0 bridgehead atoms. The highest BCUT2D eigenvalue weighted by molar-refractivity contribution is 5.99. The summed E-state index contributed by atoms with van der Waals surface area (Å²) >= 11 is 0. The van der Waals surface area contributed by atoms with Gasteiger partial charge in [0.15, 0.2) is 5.78 Å². The second-order valence-electron chi connectivity index (χ2n) is 3.17. The number of Topliss-reactive ketones (excluding diaryl/α,β-unsaturated/α-hetero) is 2. The first-order valence-corrected chi connectivity index (χ1v) is 4.11. The van der Waals surface area contributed by atoms with E-state index in [-0.39, 0.29) is 24.1 Å². The lowest BCUT2D eigenvalue weighted by atomic mass is 10.1. The predicted octanol–water partition coefficient (Wildman–Crippen LogP) is 1.35. The highest BCUT2D eigenvalue weighted by atomic mass is 16.5. The third-order valence-electron chi connectivity index (χ3n) is 1.35. The minimum Gasteiger partial charge on any atom is -0.368 e. The van der Waals surface area contributed by atoms with Gasteiger partial charge in [0.25, 0.3) is 0 Å². The van der Waals surface area contributed by atoms with E-state index in [1.807, 2.05) is 13.8 Å². The summed E-state index contributed by atoms with van der Waals surface area (Å²) in [5.41, 5.74) is 0. The van der Waals surface area contributed by atoms with Crippen molar-refractivity contribution in [3.8, 4) is 0 Å². The average Bonchev–Trinajstić information content (AvgIpc) is 1.84. The smallest absolute Gasteiger partial charge is 0.168 e. The maximum atomic E-state index is 11.1. The van der Waals surface area contributed by atoms with Crippen molar-refractivity contribution in [1.29, 1.82) is 0 Å². The summed E-state index contributed by atoms with van der Waals surface area (Å²) in [4.78, 5) is 21.7. The van der Waals surface area contributed by atoms with Gasteiger partial charge in [0.05, 0.1) is 12.5 Å². The molecule has 0 fully saturated rings. The Kier molecular flexibility index (Phi) is 4.74. The van der Waals surface area contributed by atoms with Crippen LogP contribution in [0.2, 0.25) is 0 Å². The Balaban J connectivity index is 3.85. The fraction of sp³-hybridized carbons (Fsp3) is 0.778. The lowest BCUT2D eigenvalue weighted by Crippen LogP contribution is -2.25. The molecule has 0 aliphatic rings. The normalized spacial score (nSPS) is 13.1. The van der Waals surface area contributed by atoms with Crippen LogP contribution in [0, 0.1) is 0 Å². The van der Waals surface area contributed by atoms with Gasteiger partial charge in [0.2, 0.25) is 0 Å². The molecule has 0 aromatic rings. The van der Waals surface area contributed by atoms with E-state index in [0.717, 1.165) is 0 Å². The number of ketones is 2. The van der Waals surface area contributed by atoms with E-state index >= 15 is 0 Å². The first kappa shape index (κ1) is 11.3. The monoisotopic (exact) mass is 172 g/mol. The summed E-state index contributed by atoms with van der Waals surface area (Å²) in [6.07, 6.45) is -0.460. The summed E-state index contributed by atoms with van der Waals surface area (Å²) in [6, 6.07) is 0. The van der Waals surface area contributed by atoms with Crippen LogP contribution >= 0.6 is 0 Å². The predicted molar refractivity (Wildman–Crippen MR) is 46.0 cm³/mol. The number of carbonyl (C=O) groups excluding carboxylic acids is 2. The molecule has 0 heterocycles. The molecule has 1 atom stereocenters. The third kappa shape index (κ3) is 5.02. The van der Waals surface area contributed by atoms with Gasteiger partial charge >= 0.3 is 0 Å². The fourth-order valence-corrected chi connectivity index (χ4v) is 0.873. The number of ether oxygens (including phenoxy) is 1. The number of carbonyl (C=O) groups is 2.